The number of benzene rings is 1. The molecule has 2 amide bonds. The SMILES string of the molecule is Cc1ccc(I)cc1NC(=O)NCCC(C)C(=O)O. The molecule has 1 aromatic rings. The third-order valence-corrected chi connectivity index (χ3v) is 3.40. The number of urea groups is 1. The van der Waals surface area contributed by atoms with Crippen LogP contribution in [-0.4, -0.2) is 23.7 Å². The maximum Gasteiger partial charge on any atom is 0.319 e. The second-order valence-electron chi connectivity index (χ2n) is 4.37. The van der Waals surface area contributed by atoms with E-state index in [1.807, 2.05) is 25.1 Å². The molecule has 0 bridgehead atoms. The zero-order valence-corrected chi connectivity index (χ0v) is 13.0. The molecule has 19 heavy (non-hydrogen) atoms. The highest BCUT2D eigenvalue weighted by molar-refractivity contribution is 14.1. The summed E-state index contributed by atoms with van der Waals surface area (Å²) >= 11 is 2.18. The number of carbonyl (C=O) groups is 2. The van der Waals surface area contributed by atoms with Crippen molar-refractivity contribution in [2.24, 2.45) is 5.92 Å². The molecule has 1 unspecified atom stereocenters. The van der Waals surface area contributed by atoms with Gasteiger partial charge in [-0.2, -0.15) is 0 Å². The Morgan fingerprint density at radius 2 is 2.11 bits per heavy atom. The molecule has 104 valence electrons. The van der Waals surface area contributed by atoms with E-state index in [0.29, 0.717) is 13.0 Å². The zero-order valence-electron chi connectivity index (χ0n) is 10.9. The number of anilines is 1. The van der Waals surface area contributed by atoms with Crippen LogP contribution in [0.2, 0.25) is 0 Å². The highest BCUT2D eigenvalue weighted by atomic mass is 127. The normalized spacial score (nSPS) is 11.7. The largest absolute Gasteiger partial charge is 0.481 e. The summed E-state index contributed by atoms with van der Waals surface area (Å²) in [6.45, 7) is 3.87. The van der Waals surface area contributed by atoms with Crippen molar-refractivity contribution in [3.8, 4) is 0 Å². The Morgan fingerprint density at radius 1 is 1.42 bits per heavy atom. The number of carbonyl (C=O) groups excluding carboxylic acids is 1. The van der Waals surface area contributed by atoms with Gasteiger partial charge in [-0.15, -0.1) is 0 Å². The fourth-order valence-corrected chi connectivity index (χ4v) is 1.91. The van der Waals surface area contributed by atoms with Gasteiger partial charge in [-0.1, -0.05) is 13.0 Å². The van der Waals surface area contributed by atoms with Crippen LogP contribution < -0.4 is 10.6 Å². The van der Waals surface area contributed by atoms with Gasteiger partial charge in [-0.05, 0) is 53.6 Å². The fourth-order valence-electron chi connectivity index (χ4n) is 1.42. The van der Waals surface area contributed by atoms with E-state index in [-0.39, 0.29) is 6.03 Å². The Kier molecular flexibility index (Phi) is 6.07. The van der Waals surface area contributed by atoms with Gasteiger partial charge >= 0.3 is 12.0 Å². The molecule has 3 N–H and O–H groups in total. The van der Waals surface area contributed by atoms with E-state index in [2.05, 4.69) is 33.2 Å². The third kappa shape index (κ3) is 5.46. The second kappa shape index (κ2) is 7.32. The van der Waals surface area contributed by atoms with Gasteiger partial charge in [0, 0.05) is 15.8 Å². The average Bonchev–Trinajstić information content (AvgIpc) is 2.33. The topological polar surface area (TPSA) is 78.4 Å². The van der Waals surface area contributed by atoms with Crippen LogP contribution >= 0.6 is 22.6 Å². The molecule has 6 heteroatoms. The van der Waals surface area contributed by atoms with Crippen molar-refractivity contribution in [3.05, 3.63) is 27.3 Å². The van der Waals surface area contributed by atoms with Crippen LogP contribution in [0.1, 0.15) is 18.9 Å². The van der Waals surface area contributed by atoms with E-state index in [1.165, 1.54) is 0 Å². The van der Waals surface area contributed by atoms with E-state index in [4.69, 9.17) is 5.11 Å². The van der Waals surface area contributed by atoms with Crippen LogP contribution in [0, 0.1) is 16.4 Å². The summed E-state index contributed by atoms with van der Waals surface area (Å²) in [5, 5.41) is 14.1. The number of carboxylic acids is 1. The summed E-state index contributed by atoms with van der Waals surface area (Å²) in [6, 6.07) is 5.47. The molecule has 0 aliphatic rings. The van der Waals surface area contributed by atoms with Crippen LogP contribution in [0.4, 0.5) is 10.5 Å². The molecule has 1 rings (SSSR count). The van der Waals surface area contributed by atoms with Gasteiger partial charge in [-0.3, -0.25) is 4.79 Å². The van der Waals surface area contributed by atoms with Crippen LogP contribution in [-0.2, 0) is 4.79 Å². The number of aryl methyl sites for hydroxylation is 1. The fraction of sp³-hybridized carbons (Fsp3) is 0.385. The van der Waals surface area contributed by atoms with Crippen molar-refractivity contribution in [1.29, 1.82) is 0 Å². The quantitative estimate of drug-likeness (QED) is 0.692. The summed E-state index contributed by atoms with van der Waals surface area (Å²) < 4.78 is 1.04. The number of aliphatic carboxylic acids is 1. The lowest BCUT2D eigenvalue weighted by molar-refractivity contribution is -0.141. The summed E-state index contributed by atoms with van der Waals surface area (Å²) in [6.07, 6.45) is 0.411. The lowest BCUT2D eigenvalue weighted by atomic mass is 10.1. The van der Waals surface area contributed by atoms with E-state index in [0.717, 1.165) is 14.8 Å². The van der Waals surface area contributed by atoms with Crippen LogP contribution in [0.15, 0.2) is 18.2 Å². The van der Waals surface area contributed by atoms with Crippen LogP contribution in [0.5, 0.6) is 0 Å². The van der Waals surface area contributed by atoms with Gasteiger partial charge in [-0.25, -0.2) is 4.79 Å². The van der Waals surface area contributed by atoms with E-state index < -0.39 is 11.9 Å². The maximum atomic E-state index is 11.7. The number of rotatable bonds is 5. The first-order valence-corrected chi connectivity index (χ1v) is 7.02. The number of carboxylic acid groups (broad SMARTS) is 1. The monoisotopic (exact) mass is 376 g/mol. The molecule has 1 aromatic carbocycles. The zero-order chi connectivity index (χ0) is 14.4. The first kappa shape index (κ1) is 15.7. The standard InChI is InChI=1S/C13H17IN2O3/c1-8-3-4-10(14)7-11(8)16-13(19)15-6-5-9(2)12(17)18/h3-4,7,9H,5-6H2,1-2H3,(H,17,18)(H2,15,16,19). The van der Waals surface area contributed by atoms with E-state index in [1.54, 1.807) is 6.92 Å². The van der Waals surface area contributed by atoms with Gasteiger partial charge in [0.05, 0.1) is 5.92 Å². The van der Waals surface area contributed by atoms with Gasteiger partial charge < -0.3 is 15.7 Å². The summed E-state index contributed by atoms with van der Waals surface area (Å²) in [5.41, 5.74) is 1.74. The highest BCUT2D eigenvalue weighted by Crippen LogP contribution is 2.17. The Bertz CT molecular complexity index is 477. The van der Waals surface area contributed by atoms with Crippen molar-refractivity contribution in [1.82, 2.24) is 5.32 Å². The molecule has 0 saturated heterocycles. The highest BCUT2D eigenvalue weighted by Gasteiger charge is 2.11. The molecule has 0 aliphatic heterocycles. The molecule has 0 aliphatic carbocycles. The van der Waals surface area contributed by atoms with Crippen molar-refractivity contribution < 1.29 is 14.7 Å². The molecule has 0 fully saturated rings. The van der Waals surface area contributed by atoms with Crippen molar-refractivity contribution in [2.75, 3.05) is 11.9 Å². The molecular formula is C13H17IN2O3. The molecule has 0 heterocycles. The summed E-state index contributed by atoms with van der Waals surface area (Å²) in [5.74, 6) is -1.31. The summed E-state index contributed by atoms with van der Waals surface area (Å²) in [4.78, 5) is 22.3. The predicted octanol–water partition coefficient (Wildman–Crippen LogP) is 2.83. The molecule has 0 aromatic heterocycles. The van der Waals surface area contributed by atoms with E-state index in [9.17, 15) is 9.59 Å². The number of amides is 2. The first-order valence-electron chi connectivity index (χ1n) is 5.94. The number of nitrogens with one attached hydrogen (secondary N) is 2. The molecule has 0 saturated carbocycles. The Labute approximate surface area is 125 Å². The number of hydrogen-bond acceptors (Lipinski definition) is 2. The molecular weight excluding hydrogens is 359 g/mol. The molecule has 5 nitrogen and oxygen atoms in total. The number of hydrogen-bond donors (Lipinski definition) is 3. The van der Waals surface area contributed by atoms with Gasteiger partial charge in [0.25, 0.3) is 0 Å². The minimum Gasteiger partial charge on any atom is -0.481 e. The predicted molar refractivity (Wildman–Crippen MR) is 82.3 cm³/mol. The average molecular weight is 376 g/mol. The van der Waals surface area contributed by atoms with Gasteiger partial charge in [0.2, 0.25) is 0 Å². The second-order valence-corrected chi connectivity index (χ2v) is 5.61. The van der Waals surface area contributed by atoms with Gasteiger partial charge in [0.15, 0.2) is 0 Å². The minimum atomic E-state index is -0.851. The molecule has 1 atom stereocenters. The number of halogens is 1. The molecule has 0 spiro atoms. The van der Waals surface area contributed by atoms with Crippen LogP contribution in [0.3, 0.4) is 0 Å². The Balaban J connectivity index is 2.43. The first-order chi connectivity index (χ1) is 8.90. The van der Waals surface area contributed by atoms with Crippen LogP contribution in [0.25, 0.3) is 0 Å². The van der Waals surface area contributed by atoms with E-state index >= 15 is 0 Å². The summed E-state index contributed by atoms with van der Waals surface area (Å²) in [7, 11) is 0. The maximum absolute atomic E-state index is 11.7. The molecule has 0 radical (unpaired) electrons. The Morgan fingerprint density at radius 3 is 2.74 bits per heavy atom. The van der Waals surface area contributed by atoms with Gasteiger partial charge in [0.1, 0.15) is 0 Å². The smallest absolute Gasteiger partial charge is 0.319 e. The third-order valence-electron chi connectivity index (χ3n) is 2.73. The lowest BCUT2D eigenvalue weighted by Crippen LogP contribution is -2.31. The van der Waals surface area contributed by atoms with Crippen molar-refractivity contribution in [2.45, 2.75) is 20.3 Å². The lowest BCUT2D eigenvalue weighted by Gasteiger charge is -2.11. The minimum absolute atomic E-state index is 0.317. The van der Waals surface area contributed by atoms with Crippen molar-refractivity contribution >= 4 is 40.3 Å². The van der Waals surface area contributed by atoms with Crippen molar-refractivity contribution in [3.63, 3.8) is 0 Å². The Hall–Kier alpha value is -1.31.